The zero-order chi connectivity index (χ0) is 11.3. The van der Waals surface area contributed by atoms with E-state index in [-0.39, 0.29) is 0 Å². The van der Waals surface area contributed by atoms with E-state index >= 15 is 0 Å². The topological polar surface area (TPSA) is 3.24 Å². The number of hydrogen-bond donors (Lipinski definition) is 1. The second kappa shape index (κ2) is 5.41. The molecule has 0 aromatic carbocycles. The van der Waals surface area contributed by atoms with Crippen molar-refractivity contribution in [3.8, 4) is 0 Å². The Morgan fingerprint density at radius 1 is 0.857 bits per heavy atom. The first-order valence-corrected chi connectivity index (χ1v) is 9.68. The summed E-state index contributed by atoms with van der Waals surface area (Å²) < 4.78 is 2.48. The smallest absolute Gasteiger partial charge is 0.00602 e. The lowest BCUT2D eigenvalue weighted by atomic mass is 10.2. The maximum absolute atomic E-state index is 2.48. The SMILES string of the molecule is CCCCCCC[SH](C)(C)(C)N(C)C. The summed E-state index contributed by atoms with van der Waals surface area (Å²) in [6.45, 7) is 2.28. The van der Waals surface area contributed by atoms with Crippen LogP contribution in [0.1, 0.15) is 39.0 Å². The molecule has 14 heavy (non-hydrogen) atoms. The Hall–Kier alpha value is 0.310. The van der Waals surface area contributed by atoms with E-state index in [9.17, 15) is 0 Å². The second-order valence-electron chi connectivity index (χ2n) is 6.02. The Kier molecular flexibility index (Phi) is 5.53. The maximum Gasteiger partial charge on any atom is -0.00602 e. The van der Waals surface area contributed by atoms with Crippen LogP contribution in [0, 0.1) is 0 Å². The summed E-state index contributed by atoms with van der Waals surface area (Å²) in [4.78, 5) is 0. The number of nitrogens with zero attached hydrogens (tertiary/aromatic N) is 1. The molecule has 2 heteroatoms. The van der Waals surface area contributed by atoms with Crippen LogP contribution >= 0.6 is 9.35 Å². The van der Waals surface area contributed by atoms with Crippen molar-refractivity contribution in [1.29, 1.82) is 0 Å². The first kappa shape index (κ1) is 14.3. The van der Waals surface area contributed by atoms with Gasteiger partial charge >= 0.3 is 0 Å². The van der Waals surface area contributed by atoms with Gasteiger partial charge in [0.05, 0.1) is 0 Å². The predicted octanol–water partition coefficient (Wildman–Crippen LogP) is 3.40. The summed E-state index contributed by atoms with van der Waals surface area (Å²) in [6.07, 6.45) is 14.5. The summed E-state index contributed by atoms with van der Waals surface area (Å²) in [6, 6.07) is 0. The van der Waals surface area contributed by atoms with Gasteiger partial charge in [-0.3, -0.25) is 13.7 Å². The van der Waals surface area contributed by atoms with Crippen molar-refractivity contribution < 1.29 is 0 Å². The lowest BCUT2D eigenvalue weighted by molar-refractivity contribution is 0.638. The molecule has 0 aliphatic heterocycles. The van der Waals surface area contributed by atoms with E-state index in [1.165, 1.54) is 37.9 Å². The van der Waals surface area contributed by atoms with Gasteiger partial charge in [0.15, 0.2) is 0 Å². The van der Waals surface area contributed by atoms with Crippen molar-refractivity contribution in [2.75, 3.05) is 38.6 Å². The largest absolute Gasteiger partial charge is 0.289 e. The molecule has 1 nitrogen and oxygen atoms in total. The zero-order valence-electron chi connectivity index (χ0n) is 11.1. The Bertz CT molecular complexity index is 155. The second-order valence-corrected chi connectivity index (χ2v) is 13.3. The quantitative estimate of drug-likeness (QED) is 0.509. The molecule has 0 unspecified atom stereocenters. The van der Waals surface area contributed by atoms with Gasteiger partial charge in [-0.2, -0.15) is 0 Å². The molecule has 0 amide bonds. The van der Waals surface area contributed by atoms with Gasteiger partial charge in [-0.15, -0.1) is 0 Å². The summed E-state index contributed by atoms with van der Waals surface area (Å²) in [5.74, 6) is 1.42. The molecule has 0 aliphatic rings. The monoisotopic (exact) mass is 221 g/mol. The lowest BCUT2D eigenvalue weighted by Crippen LogP contribution is -2.32. The third kappa shape index (κ3) is 5.26. The van der Waals surface area contributed by atoms with Crippen molar-refractivity contribution in [2.24, 2.45) is 0 Å². The van der Waals surface area contributed by atoms with Gasteiger partial charge in [-0.25, -0.2) is 0 Å². The molecule has 0 aliphatic carbocycles. The number of rotatable bonds is 7. The van der Waals surface area contributed by atoms with E-state index < -0.39 is 9.35 Å². The molecule has 0 radical (unpaired) electrons. The fraction of sp³-hybridized carbons (Fsp3) is 1.00. The van der Waals surface area contributed by atoms with Crippen LogP contribution in [0.25, 0.3) is 0 Å². The first-order valence-electron chi connectivity index (χ1n) is 5.96. The highest BCUT2D eigenvalue weighted by Gasteiger charge is 2.26. The summed E-state index contributed by atoms with van der Waals surface area (Å²) in [5.41, 5.74) is 0. The minimum atomic E-state index is -1.47. The van der Waals surface area contributed by atoms with E-state index in [0.717, 1.165) is 0 Å². The normalized spacial score (nSPS) is 15.5. The molecular formula is C12H31NS. The highest BCUT2D eigenvalue weighted by molar-refractivity contribution is 8.46. The minimum absolute atomic E-state index is 1.35. The molecule has 0 aromatic heterocycles. The molecule has 0 atom stereocenters. The minimum Gasteiger partial charge on any atom is -0.289 e. The third-order valence-corrected chi connectivity index (χ3v) is 8.34. The van der Waals surface area contributed by atoms with E-state index in [4.69, 9.17) is 0 Å². The van der Waals surface area contributed by atoms with Crippen molar-refractivity contribution in [1.82, 2.24) is 4.31 Å². The molecule has 0 saturated heterocycles. The summed E-state index contributed by atoms with van der Waals surface area (Å²) in [7, 11) is 3.01. The molecule has 0 fully saturated rings. The van der Waals surface area contributed by atoms with Crippen LogP contribution in [0.15, 0.2) is 0 Å². The van der Waals surface area contributed by atoms with Crippen LogP contribution in [0.2, 0.25) is 0 Å². The molecular weight excluding hydrogens is 190 g/mol. The molecule has 0 bridgehead atoms. The van der Waals surface area contributed by atoms with Gasteiger partial charge in [0, 0.05) is 0 Å². The maximum atomic E-state index is 2.48. The molecule has 90 valence electrons. The van der Waals surface area contributed by atoms with Crippen LogP contribution in [-0.2, 0) is 0 Å². The summed E-state index contributed by atoms with van der Waals surface area (Å²) >= 11 is 0. The van der Waals surface area contributed by atoms with Crippen molar-refractivity contribution in [2.45, 2.75) is 39.0 Å². The fourth-order valence-electron chi connectivity index (χ4n) is 1.46. The van der Waals surface area contributed by atoms with Crippen molar-refractivity contribution in [3.63, 3.8) is 0 Å². The highest BCUT2D eigenvalue weighted by atomic mass is 32.3. The van der Waals surface area contributed by atoms with Gasteiger partial charge in [-0.05, 0) is 45.0 Å². The highest BCUT2D eigenvalue weighted by Crippen LogP contribution is 2.61. The first-order chi connectivity index (χ1) is 6.28. The fourth-order valence-corrected chi connectivity index (χ4v) is 3.17. The number of thiol groups is 1. The standard InChI is InChI=1S/C12H31NS/c1-7-8-9-10-11-12-14(4,5,6)13(2)3/h14H,7-12H2,1-6H3. The number of unbranched alkanes of at least 4 members (excludes halogenated alkanes) is 4. The van der Waals surface area contributed by atoms with Crippen molar-refractivity contribution >= 4 is 9.35 Å². The number of hydrogen-bond acceptors (Lipinski definition) is 1. The van der Waals surface area contributed by atoms with Crippen LogP contribution in [0.3, 0.4) is 0 Å². The molecule has 0 N–H and O–H groups in total. The molecule has 0 rings (SSSR count). The van der Waals surface area contributed by atoms with E-state index in [2.05, 4.69) is 44.1 Å². The van der Waals surface area contributed by atoms with Crippen LogP contribution in [-0.4, -0.2) is 42.9 Å². The van der Waals surface area contributed by atoms with Gasteiger partial charge in [0.2, 0.25) is 0 Å². The Balaban J connectivity index is 3.76. The van der Waals surface area contributed by atoms with Crippen molar-refractivity contribution in [3.05, 3.63) is 0 Å². The van der Waals surface area contributed by atoms with E-state index in [1.807, 2.05) is 0 Å². The molecule has 0 aromatic rings. The van der Waals surface area contributed by atoms with Gasteiger partial charge in [-0.1, -0.05) is 32.6 Å². The van der Waals surface area contributed by atoms with Gasteiger partial charge in [0.1, 0.15) is 0 Å². The average molecular weight is 221 g/mol. The van der Waals surface area contributed by atoms with E-state index in [0.29, 0.717) is 0 Å². The Labute approximate surface area is 91.7 Å². The molecule has 0 spiro atoms. The Morgan fingerprint density at radius 3 is 1.79 bits per heavy atom. The molecule has 0 heterocycles. The van der Waals surface area contributed by atoms with Crippen LogP contribution in [0.4, 0.5) is 0 Å². The van der Waals surface area contributed by atoms with Gasteiger partial charge < -0.3 is 0 Å². The average Bonchev–Trinajstić information content (AvgIpc) is 2.03. The zero-order valence-corrected chi connectivity index (χ0v) is 12.0. The predicted molar refractivity (Wildman–Crippen MR) is 74.1 cm³/mol. The lowest BCUT2D eigenvalue weighted by Gasteiger charge is -2.58. The van der Waals surface area contributed by atoms with Crippen LogP contribution < -0.4 is 0 Å². The van der Waals surface area contributed by atoms with Crippen LogP contribution in [0.5, 0.6) is 0 Å². The van der Waals surface area contributed by atoms with E-state index in [1.54, 1.807) is 0 Å². The van der Waals surface area contributed by atoms with Gasteiger partial charge in [0.25, 0.3) is 0 Å². The molecule has 0 saturated carbocycles. The summed E-state index contributed by atoms with van der Waals surface area (Å²) in [5, 5.41) is 0. The third-order valence-electron chi connectivity index (χ3n) is 3.52. The Morgan fingerprint density at radius 2 is 1.36 bits per heavy atom.